The van der Waals surface area contributed by atoms with Gasteiger partial charge in [0.2, 0.25) is 0 Å². The molecule has 6 heteroatoms. The smallest absolute Gasteiger partial charge is 0.173 e. The first kappa shape index (κ1) is 17.0. The van der Waals surface area contributed by atoms with E-state index in [2.05, 4.69) is 59.2 Å². The van der Waals surface area contributed by atoms with Crippen molar-refractivity contribution >= 4 is 0 Å². The van der Waals surface area contributed by atoms with Crippen LogP contribution in [0.15, 0.2) is 24.5 Å². The van der Waals surface area contributed by atoms with E-state index in [1.54, 1.807) is 0 Å². The number of rotatable bonds is 5. The molecule has 0 N–H and O–H groups in total. The van der Waals surface area contributed by atoms with Crippen molar-refractivity contribution in [3.8, 4) is 0 Å². The van der Waals surface area contributed by atoms with Crippen molar-refractivity contribution in [2.24, 2.45) is 5.92 Å². The summed E-state index contributed by atoms with van der Waals surface area (Å²) in [6.45, 7) is 11.0. The van der Waals surface area contributed by atoms with E-state index in [0.29, 0.717) is 0 Å². The second-order valence-electron chi connectivity index (χ2n) is 7.52. The number of pyridine rings is 1. The average molecular weight is 328 g/mol. The summed E-state index contributed by atoms with van der Waals surface area (Å²) in [7, 11) is 0. The van der Waals surface area contributed by atoms with E-state index in [9.17, 15) is 0 Å². The molecule has 1 aliphatic rings. The van der Waals surface area contributed by atoms with E-state index in [1.165, 1.54) is 12.8 Å². The Morgan fingerprint density at radius 1 is 1.29 bits per heavy atom. The molecule has 1 atom stereocenters. The number of aromatic nitrogens is 5. The van der Waals surface area contributed by atoms with Crippen molar-refractivity contribution < 1.29 is 0 Å². The summed E-state index contributed by atoms with van der Waals surface area (Å²) < 4.78 is 2.00. The minimum atomic E-state index is -0.109. The van der Waals surface area contributed by atoms with E-state index >= 15 is 0 Å². The van der Waals surface area contributed by atoms with Crippen LogP contribution in [0.3, 0.4) is 0 Å². The van der Waals surface area contributed by atoms with E-state index in [1.807, 2.05) is 23.1 Å². The van der Waals surface area contributed by atoms with Gasteiger partial charge >= 0.3 is 0 Å². The lowest BCUT2D eigenvalue weighted by atomic mass is 9.95. The van der Waals surface area contributed by atoms with E-state index in [-0.39, 0.29) is 11.6 Å². The van der Waals surface area contributed by atoms with Gasteiger partial charge in [-0.1, -0.05) is 19.9 Å². The summed E-state index contributed by atoms with van der Waals surface area (Å²) in [4.78, 5) is 6.84. The van der Waals surface area contributed by atoms with Gasteiger partial charge in [0.05, 0.1) is 11.6 Å². The lowest BCUT2D eigenvalue weighted by molar-refractivity contribution is 0.143. The lowest BCUT2D eigenvalue weighted by Crippen LogP contribution is -2.40. The highest BCUT2D eigenvalue weighted by molar-refractivity contribution is 5.22. The monoisotopic (exact) mass is 328 g/mol. The molecular formula is C18H28N6. The van der Waals surface area contributed by atoms with Crippen molar-refractivity contribution in [2.45, 2.75) is 58.5 Å². The first-order valence-electron chi connectivity index (χ1n) is 8.95. The van der Waals surface area contributed by atoms with Crippen LogP contribution >= 0.6 is 0 Å². The Kier molecular flexibility index (Phi) is 4.94. The maximum atomic E-state index is 4.43. The molecule has 1 aliphatic heterocycles. The second kappa shape index (κ2) is 6.97. The van der Waals surface area contributed by atoms with Gasteiger partial charge in [-0.25, -0.2) is 4.68 Å². The zero-order valence-electron chi connectivity index (χ0n) is 15.2. The summed E-state index contributed by atoms with van der Waals surface area (Å²) in [6.07, 6.45) is 7.17. The maximum absolute atomic E-state index is 4.43. The van der Waals surface area contributed by atoms with Crippen LogP contribution in [0.4, 0.5) is 0 Å². The van der Waals surface area contributed by atoms with Gasteiger partial charge in [-0.3, -0.25) is 9.88 Å². The third-order valence-corrected chi connectivity index (χ3v) is 5.36. The molecule has 0 amide bonds. The Morgan fingerprint density at radius 3 is 2.67 bits per heavy atom. The topological polar surface area (TPSA) is 59.7 Å². The van der Waals surface area contributed by atoms with Gasteiger partial charge < -0.3 is 0 Å². The Labute approximate surface area is 144 Å². The fraction of sp³-hybridized carbons (Fsp3) is 0.667. The molecule has 1 fully saturated rings. The zero-order chi connectivity index (χ0) is 17.2. The van der Waals surface area contributed by atoms with Crippen molar-refractivity contribution in [3.63, 3.8) is 0 Å². The molecule has 0 unspecified atom stereocenters. The summed E-state index contributed by atoms with van der Waals surface area (Å²) in [5, 5.41) is 12.8. The van der Waals surface area contributed by atoms with Crippen molar-refractivity contribution in [1.82, 2.24) is 30.1 Å². The summed E-state index contributed by atoms with van der Waals surface area (Å²) in [5.74, 6) is 1.71. The highest BCUT2D eigenvalue weighted by atomic mass is 15.6. The van der Waals surface area contributed by atoms with Crippen molar-refractivity contribution in [2.75, 3.05) is 13.1 Å². The Bertz CT molecular complexity index is 643. The van der Waals surface area contributed by atoms with Crippen LogP contribution in [-0.4, -0.2) is 43.2 Å². The summed E-state index contributed by atoms with van der Waals surface area (Å²) in [5.41, 5.74) is 1.05. The molecule has 1 saturated heterocycles. The van der Waals surface area contributed by atoms with Gasteiger partial charge in [0.15, 0.2) is 5.82 Å². The molecule has 0 saturated carbocycles. The molecule has 0 aromatic carbocycles. The SMILES string of the molecule is CCC(C)(C)n1nnnc1[C@H](c1cccnc1)N1CCC(C)CC1. The van der Waals surface area contributed by atoms with Gasteiger partial charge in [0.25, 0.3) is 0 Å². The number of piperidine rings is 1. The molecular weight excluding hydrogens is 300 g/mol. The quantitative estimate of drug-likeness (QED) is 0.844. The third kappa shape index (κ3) is 3.34. The first-order valence-corrected chi connectivity index (χ1v) is 8.95. The van der Waals surface area contributed by atoms with Crippen LogP contribution in [0.5, 0.6) is 0 Å². The molecule has 2 aromatic rings. The molecule has 0 radical (unpaired) electrons. The predicted molar refractivity (Wildman–Crippen MR) is 93.5 cm³/mol. The van der Waals surface area contributed by atoms with Crippen LogP contribution in [0.25, 0.3) is 0 Å². The van der Waals surface area contributed by atoms with Gasteiger partial charge in [0.1, 0.15) is 0 Å². The van der Waals surface area contributed by atoms with E-state index in [0.717, 1.165) is 36.8 Å². The standard InChI is InChI=1S/C18H28N6/c1-5-18(3,4)24-17(20-21-22-24)16(15-7-6-10-19-13-15)23-11-8-14(2)9-12-23/h6-7,10,13-14,16H,5,8-9,11-12H2,1-4H3/t16-/m0/s1. The predicted octanol–water partition coefficient (Wildman–Crippen LogP) is 3.03. The Hall–Kier alpha value is -1.82. The Balaban J connectivity index is 2.02. The number of tetrazole rings is 1. The summed E-state index contributed by atoms with van der Waals surface area (Å²) >= 11 is 0. The molecule has 0 aliphatic carbocycles. The van der Waals surface area contributed by atoms with Crippen LogP contribution in [-0.2, 0) is 5.54 Å². The van der Waals surface area contributed by atoms with Crippen LogP contribution in [0.2, 0.25) is 0 Å². The molecule has 3 rings (SSSR count). The second-order valence-corrected chi connectivity index (χ2v) is 7.52. The third-order valence-electron chi connectivity index (χ3n) is 5.36. The number of hydrogen-bond acceptors (Lipinski definition) is 5. The van der Waals surface area contributed by atoms with Gasteiger partial charge in [-0.2, -0.15) is 0 Å². The molecule has 3 heterocycles. The van der Waals surface area contributed by atoms with Crippen molar-refractivity contribution in [3.05, 3.63) is 35.9 Å². The number of hydrogen-bond donors (Lipinski definition) is 0. The maximum Gasteiger partial charge on any atom is 0.173 e. The molecule has 130 valence electrons. The number of nitrogens with zero attached hydrogens (tertiary/aromatic N) is 6. The average Bonchev–Trinajstić information content (AvgIpc) is 3.08. The van der Waals surface area contributed by atoms with Gasteiger partial charge in [-0.05, 0) is 74.2 Å². The Morgan fingerprint density at radius 2 is 2.04 bits per heavy atom. The minimum Gasteiger partial charge on any atom is -0.290 e. The largest absolute Gasteiger partial charge is 0.290 e. The van der Waals surface area contributed by atoms with Crippen LogP contribution < -0.4 is 0 Å². The first-order chi connectivity index (χ1) is 11.5. The lowest BCUT2D eigenvalue weighted by Gasteiger charge is -2.37. The highest BCUT2D eigenvalue weighted by Gasteiger charge is 2.33. The van der Waals surface area contributed by atoms with Crippen molar-refractivity contribution in [1.29, 1.82) is 0 Å². The molecule has 2 aromatic heterocycles. The summed E-state index contributed by atoms with van der Waals surface area (Å²) in [6, 6.07) is 4.19. The fourth-order valence-corrected chi connectivity index (χ4v) is 3.29. The van der Waals surface area contributed by atoms with E-state index in [4.69, 9.17) is 0 Å². The zero-order valence-corrected chi connectivity index (χ0v) is 15.2. The minimum absolute atomic E-state index is 0.0621. The molecule has 24 heavy (non-hydrogen) atoms. The fourth-order valence-electron chi connectivity index (χ4n) is 3.29. The molecule has 6 nitrogen and oxygen atoms in total. The molecule has 0 bridgehead atoms. The van der Waals surface area contributed by atoms with Gasteiger partial charge in [-0.15, -0.1) is 5.10 Å². The molecule has 0 spiro atoms. The normalized spacial score (nSPS) is 18.7. The highest BCUT2D eigenvalue weighted by Crippen LogP contribution is 2.33. The van der Waals surface area contributed by atoms with Crippen LogP contribution in [0, 0.1) is 5.92 Å². The van der Waals surface area contributed by atoms with Crippen LogP contribution in [0.1, 0.15) is 64.4 Å². The number of likely N-dealkylation sites (tertiary alicyclic amines) is 1. The van der Waals surface area contributed by atoms with Gasteiger partial charge in [0, 0.05) is 12.4 Å². The van der Waals surface area contributed by atoms with E-state index < -0.39 is 0 Å².